The van der Waals surface area contributed by atoms with Gasteiger partial charge in [0.2, 0.25) is 0 Å². The number of ether oxygens (including phenoxy) is 1. The molecule has 4 heterocycles. The third-order valence-electron chi connectivity index (χ3n) is 15.8. The first-order valence-corrected chi connectivity index (χ1v) is 26.1. The van der Waals surface area contributed by atoms with Crippen molar-refractivity contribution < 1.29 is 14.3 Å². The molecule has 9 aromatic carbocycles. The van der Waals surface area contributed by atoms with Gasteiger partial charge in [-0.25, -0.2) is 0 Å². The van der Waals surface area contributed by atoms with Crippen LogP contribution >= 0.6 is 0 Å². The van der Waals surface area contributed by atoms with E-state index in [1.807, 2.05) is 32.9 Å². The maximum atomic E-state index is 9.72. The van der Waals surface area contributed by atoms with Gasteiger partial charge >= 0.3 is 0 Å². The lowest BCUT2D eigenvalue weighted by atomic mass is 9.34. The van der Waals surface area contributed by atoms with E-state index in [0.717, 1.165) is 82.1 Å². The molecule has 2 aliphatic rings. The lowest BCUT2D eigenvalue weighted by Gasteiger charge is -2.36. The molecule has 0 spiro atoms. The molecule has 0 saturated carbocycles. The summed E-state index contributed by atoms with van der Waals surface area (Å²) in [7, 11) is 0. The minimum absolute atomic E-state index is 0.0227. The Bertz CT molecular complexity index is 4660. The molecule has 0 aliphatic carbocycles. The first-order valence-electron chi connectivity index (χ1n) is 29.6. The highest BCUT2D eigenvalue weighted by atomic mass is 16.5. The molecule has 74 heavy (non-hydrogen) atoms. The van der Waals surface area contributed by atoms with Crippen molar-refractivity contribution in [3.63, 3.8) is 0 Å². The highest BCUT2D eigenvalue weighted by molar-refractivity contribution is 6.99. The average molecular weight is 968 g/mol. The first kappa shape index (κ1) is 39.0. The van der Waals surface area contributed by atoms with E-state index in [-0.39, 0.29) is 75.0 Å². The Balaban J connectivity index is 1.23. The Kier molecular flexibility index (Phi) is 8.41. The van der Waals surface area contributed by atoms with Crippen LogP contribution in [0.1, 0.15) is 115 Å². The van der Waals surface area contributed by atoms with E-state index < -0.39 is 17.5 Å². The lowest BCUT2D eigenvalue weighted by molar-refractivity contribution is 0.482. The van der Waals surface area contributed by atoms with Crippen LogP contribution in [0, 0.1) is 0 Å². The molecule has 11 aromatic rings. The standard InChI is InChI=1S/C70H65BN2O/c1-67(2,3)44-29-32-61-55(38-44)54-26-18-19-27-59(54)72(61)48-30-31-57-63(41-48)74-64-40-47(70(10,11)12)39-62-65(64)71(57)58-36-43(42-33-45(68(4,5)6)37-46(34-42)69(7,8)9)35-56-52-24-16-14-22-50(52)49-21-13-15-23-51(49)53-25-17-20-28-60(53)73(62)66(56)58/h13-41H,1-12H3/i18D,19D,26D,27D,29D,32D,38D. The van der Waals surface area contributed by atoms with Gasteiger partial charge in [-0.1, -0.05) is 204 Å². The van der Waals surface area contributed by atoms with E-state index in [9.17, 15) is 6.85 Å². The maximum Gasteiger partial charge on any atom is 0.256 e. The molecule has 13 rings (SSSR count). The van der Waals surface area contributed by atoms with Crippen LogP contribution in [0.4, 0.5) is 0 Å². The second-order valence-corrected chi connectivity index (χ2v) is 24.9. The SMILES string of the molecule is [2H]c1c([2H])c([2H])c2c(c1[2H])c1c([2H])c(C(C)(C)C)c([2H])c([2H])c1n2-c1ccc2c(c1)Oc1cc(C(C)(C)C)cc3c1B2c1cc(-c2cc(C(C)(C)C)cc(C(C)(C)C)c2)cc2c4ccccc4c4ccccc4c4ccccc4n-3c12. The highest BCUT2D eigenvalue weighted by Crippen LogP contribution is 2.44. The lowest BCUT2D eigenvalue weighted by Crippen LogP contribution is -2.58. The second kappa shape index (κ2) is 16.0. The van der Waals surface area contributed by atoms with E-state index in [4.69, 9.17) is 7.48 Å². The van der Waals surface area contributed by atoms with Gasteiger partial charge in [-0.3, -0.25) is 0 Å². The minimum atomic E-state index is -0.711. The summed E-state index contributed by atoms with van der Waals surface area (Å²) in [6.07, 6.45) is 0. The zero-order valence-corrected chi connectivity index (χ0v) is 44.6. The summed E-state index contributed by atoms with van der Waals surface area (Å²) in [5.41, 5.74) is 11.8. The molecule has 0 fully saturated rings. The largest absolute Gasteiger partial charge is 0.458 e. The fourth-order valence-corrected chi connectivity index (χ4v) is 11.7. The van der Waals surface area contributed by atoms with Crippen LogP contribution in [0.25, 0.3) is 87.7 Å². The predicted octanol–water partition coefficient (Wildman–Crippen LogP) is 17.1. The van der Waals surface area contributed by atoms with Crippen LogP contribution in [0.15, 0.2) is 176 Å². The molecule has 2 aromatic heterocycles. The molecular formula is C70H65BN2O. The molecule has 4 heteroatoms. The smallest absolute Gasteiger partial charge is 0.256 e. The molecule has 364 valence electrons. The Morgan fingerprint density at radius 1 is 0.405 bits per heavy atom. The van der Waals surface area contributed by atoms with Crippen molar-refractivity contribution in [2.45, 2.75) is 105 Å². The monoisotopic (exact) mass is 968 g/mol. The summed E-state index contributed by atoms with van der Waals surface area (Å²) in [5, 5.41) is 7.09. The molecule has 0 saturated heterocycles. The maximum absolute atomic E-state index is 9.72. The van der Waals surface area contributed by atoms with Crippen molar-refractivity contribution in [3.05, 3.63) is 198 Å². The van der Waals surface area contributed by atoms with Gasteiger partial charge < -0.3 is 13.9 Å². The van der Waals surface area contributed by atoms with Gasteiger partial charge in [0.25, 0.3) is 6.71 Å². The normalized spacial score (nSPS) is 14.8. The second-order valence-electron chi connectivity index (χ2n) is 24.9. The minimum Gasteiger partial charge on any atom is -0.458 e. The Labute approximate surface area is 446 Å². The van der Waals surface area contributed by atoms with Crippen LogP contribution in [0.5, 0.6) is 11.5 Å². The molecule has 0 radical (unpaired) electrons. The molecular weight excluding hydrogens is 896 g/mol. The van der Waals surface area contributed by atoms with Gasteiger partial charge in [-0.05, 0) is 141 Å². The molecule has 3 nitrogen and oxygen atoms in total. The summed E-state index contributed by atoms with van der Waals surface area (Å²) in [4.78, 5) is 0. The van der Waals surface area contributed by atoms with E-state index in [2.05, 4.69) is 188 Å². The average Bonchev–Trinajstić information content (AvgIpc) is 3.45. The predicted molar refractivity (Wildman–Crippen MR) is 319 cm³/mol. The highest BCUT2D eigenvalue weighted by Gasteiger charge is 2.41. The topological polar surface area (TPSA) is 19.1 Å². The summed E-state index contributed by atoms with van der Waals surface area (Å²) >= 11 is 0. The number of hydrogen-bond acceptors (Lipinski definition) is 1. The summed E-state index contributed by atoms with van der Waals surface area (Å²) in [6.45, 7) is 25.7. The molecule has 0 atom stereocenters. The summed E-state index contributed by atoms with van der Waals surface area (Å²) in [5.74, 6) is 1.26. The number of para-hydroxylation sites is 2. The van der Waals surface area contributed by atoms with Gasteiger partial charge in [-0.2, -0.15) is 0 Å². The van der Waals surface area contributed by atoms with Gasteiger partial charge in [0, 0.05) is 44.5 Å². The molecule has 0 unspecified atom stereocenters. The van der Waals surface area contributed by atoms with E-state index >= 15 is 0 Å². The zero-order valence-electron chi connectivity index (χ0n) is 51.6. The van der Waals surface area contributed by atoms with E-state index in [0.29, 0.717) is 22.7 Å². The number of nitrogens with zero attached hydrogens (tertiary/aromatic N) is 2. The first-order chi connectivity index (χ1) is 38.1. The third kappa shape index (κ3) is 7.15. The Morgan fingerprint density at radius 3 is 1.61 bits per heavy atom. The van der Waals surface area contributed by atoms with Gasteiger partial charge in [-0.15, -0.1) is 0 Å². The Morgan fingerprint density at radius 2 is 0.959 bits per heavy atom. The van der Waals surface area contributed by atoms with Crippen LogP contribution in [0.2, 0.25) is 0 Å². The zero-order chi connectivity index (χ0) is 57.5. The summed E-state index contributed by atoms with van der Waals surface area (Å²) < 4.78 is 77.1. The van der Waals surface area contributed by atoms with Gasteiger partial charge in [0.15, 0.2) is 0 Å². The molecule has 0 bridgehead atoms. The molecule has 0 amide bonds. The van der Waals surface area contributed by atoms with Gasteiger partial charge in [0.1, 0.15) is 11.5 Å². The molecule has 0 N–H and O–H groups in total. The fraction of sp³-hybridized carbons (Fsp3) is 0.229. The van der Waals surface area contributed by atoms with E-state index in [1.165, 1.54) is 11.1 Å². The van der Waals surface area contributed by atoms with Crippen LogP contribution < -0.4 is 21.1 Å². The number of benzene rings is 9. The number of rotatable bonds is 2. The van der Waals surface area contributed by atoms with Crippen molar-refractivity contribution >= 4 is 88.3 Å². The van der Waals surface area contributed by atoms with Crippen molar-refractivity contribution in [1.29, 1.82) is 0 Å². The Hall–Kier alpha value is -7.56. The fourth-order valence-electron chi connectivity index (χ4n) is 11.7. The number of hydrogen-bond donors (Lipinski definition) is 0. The van der Waals surface area contributed by atoms with Crippen molar-refractivity contribution in [1.82, 2.24) is 9.13 Å². The van der Waals surface area contributed by atoms with Crippen molar-refractivity contribution in [3.8, 4) is 34.0 Å². The third-order valence-corrected chi connectivity index (χ3v) is 15.8. The van der Waals surface area contributed by atoms with E-state index in [1.54, 1.807) is 4.57 Å². The summed E-state index contributed by atoms with van der Waals surface area (Å²) in [6, 6.07) is 47.2. The van der Waals surface area contributed by atoms with Crippen LogP contribution in [0.3, 0.4) is 0 Å². The number of aromatic nitrogens is 2. The van der Waals surface area contributed by atoms with Crippen LogP contribution in [-0.2, 0) is 21.7 Å². The van der Waals surface area contributed by atoms with Crippen molar-refractivity contribution in [2.75, 3.05) is 0 Å². The molecule has 2 aliphatic heterocycles. The number of fused-ring (bicyclic) bond motifs is 14. The quantitative estimate of drug-likeness (QED) is 0.158. The van der Waals surface area contributed by atoms with Gasteiger partial charge in [0.05, 0.1) is 26.1 Å². The van der Waals surface area contributed by atoms with Crippen molar-refractivity contribution in [2.24, 2.45) is 0 Å². The van der Waals surface area contributed by atoms with Crippen LogP contribution in [-0.4, -0.2) is 15.8 Å².